The maximum atomic E-state index is 11.6. The minimum absolute atomic E-state index is 0.0454. The number of hydrogen-bond acceptors (Lipinski definition) is 2. The van der Waals surface area contributed by atoms with Gasteiger partial charge in [0.25, 0.3) is 0 Å². The van der Waals surface area contributed by atoms with Gasteiger partial charge in [-0.1, -0.05) is 64.5 Å². The second-order valence-electron chi connectivity index (χ2n) is 6.35. The first-order valence-corrected chi connectivity index (χ1v) is 9.22. The Morgan fingerprint density at radius 1 is 0.955 bits per heavy atom. The summed E-state index contributed by atoms with van der Waals surface area (Å²) < 4.78 is 0. The van der Waals surface area contributed by atoms with E-state index in [1.54, 1.807) is 0 Å². The molecule has 3 nitrogen and oxygen atoms in total. The second-order valence-corrected chi connectivity index (χ2v) is 6.35. The highest BCUT2D eigenvalue weighted by Gasteiger charge is 2.24. The van der Waals surface area contributed by atoms with Crippen molar-refractivity contribution in [2.75, 3.05) is 6.61 Å². The second kappa shape index (κ2) is 15.1. The number of hydrogen-bond donors (Lipinski definition) is 2. The molecule has 0 aromatic heterocycles. The van der Waals surface area contributed by atoms with Crippen LogP contribution in [-0.4, -0.2) is 17.6 Å². The smallest absolute Gasteiger partial charge is 0.220 e. The number of primary amides is 1. The molecule has 130 valence electrons. The van der Waals surface area contributed by atoms with Gasteiger partial charge in [-0.2, -0.15) is 0 Å². The summed E-state index contributed by atoms with van der Waals surface area (Å²) in [5, 5.41) is 9.42. The van der Waals surface area contributed by atoms with E-state index >= 15 is 0 Å². The molecule has 1 amide bonds. The van der Waals surface area contributed by atoms with E-state index in [4.69, 9.17) is 5.73 Å². The van der Waals surface area contributed by atoms with E-state index in [-0.39, 0.29) is 24.3 Å². The first-order valence-electron chi connectivity index (χ1n) is 9.22. The Hall–Kier alpha value is -0.830. The summed E-state index contributed by atoms with van der Waals surface area (Å²) >= 11 is 0. The summed E-state index contributed by atoms with van der Waals surface area (Å²) in [6.07, 6.45) is 16.8. The molecule has 3 N–H and O–H groups in total. The zero-order valence-corrected chi connectivity index (χ0v) is 14.7. The zero-order chi connectivity index (χ0) is 16.6. The van der Waals surface area contributed by atoms with Gasteiger partial charge in [-0.15, -0.1) is 0 Å². The molecule has 2 atom stereocenters. The van der Waals surface area contributed by atoms with Crippen LogP contribution in [0.4, 0.5) is 0 Å². The van der Waals surface area contributed by atoms with Crippen LogP contribution in [0.1, 0.15) is 84.5 Å². The zero-order valence-electron chi connectivity index (χ0n) is 14.7. The van der Waals surface area contributed by atoms with Crippen LogP contribution in [0.2, 0.25) is 0 Å². The van der Waals surface area contributed by atoms with Crippen LogP contribution >= 0.6 is 0 Å². The number of rotatable bonds is 15. The average Bonchev–Trinajstić information content (AvgIpc) is 2.50. The Kier molecular flexibility index (Phi) is 14.5. The van der Waals surface area contributed by atoms with Crippen molar-refractivity contribution in [2.24, 2.45) is 17.6 Å². The highest BCUT2D eigenvalue weighted by molar-refractivity contribution is 5.76. The van der Waals surface area contributed by atoms with E-state index < -0.39 is 0 Å². The van der Waals surface area contributed by atoms with E-state index in [0.29, 0.717) is 0 Å². The average molecular weight is 312 g/mol. The Morgan fingerprint density at radius 3 is 2.14 bits per heavy atom. The molecule has 0 aliphatic carbocycles. The highest BCUT2D eigenvalue weighted by Crippen LogP contribution is 2.23. The van der Waals surface area contributed by atoms with Crippen molar-refractivity contribution in [3.05, 3.63) is 12.2 Å². The normalized spacial score (nSPS) is 14.3. The lowest BCUT2D eigenvalue weighted by atomic mass is 9.84. The van der Waals surface area contributed by atoms with Crippen LogP contribution in [0.25, 0.3) is 0 Å². The Balaban J connectivity index is 3.77. The molecule has 0 spiro atoms. The topological polar surface area (TPSA) is 63.3 Å². The summed E-state index contributed by atoms with van der Waals surface area (Å²) in [6.45, 7) is 4.37. The van der Waals surface area contributed by atoms with Gasteiger partial charge < -0.3 is 10.8 Å². The van der Waals surface area contributed by atoms with Crippen molar-refractivity contribution in [2.45, 2.75) is 84.5 Å². The third-order valence-corrected chi connectivity index (χ3v) is 4.36. The molecule has 0 saturated heterocycles. The quantitative estimate of drug-likeness (QED) is 0.343. The highest BCUT2D eigenvalue weighted by atomic mass is 16.3. The van der Waals surface area contributed by atoms with Gasteiger partial charge in [-0.25, -0.2) is 0 Å². The summed E-state index contributed by atoms with van der Waals surface area (Å²) in [5.41, 5.74) is 5.50. The molecule has 0 aliphatic heterocycles. The standard InChI is InChI=1S/C19H37NO2/c1-3-5-6-7-8-9-10-11-12-13-15-18(19(20)22)17(16-21)14-4-2/h7-8,17-18,21H,3-6,9-16H2,1-2H3,(H2,20,22). The number of carbonyl (C=O) groups excluding carboxylic acids is 1. The van der Waals surface area contributed by atoms with Crippen molar-refractivity contribution in [1.29, 1.82) is 0 Å². The number of carbonyl (C=O) groups is 1. The molecule has 2 unspecified atom stereocenters. The van der Waals surface area contributed by atoms with E-state index in [1.807, 2.05) is 0 Å². The summed E-state index contributed by atoms with van der Waals surface area (Å²) in [4.78, 5) is 11.6. The van der Waals surface area contributed by atoms with Gasteiger partial charge in [-0.05, 0) is 38.0 Å². The van der Waals surface area contributed by atoms with Gasteiger partial charge in [0, 0.05) is 12.5 Å². The number of amides is 1. The van der Waals surface area contributed by atoms with Gasteiger partial charge >= 0.3 is 0 Å². The molecule has 0 bridgehead atoms. The Bertz CT molecular complexity index is 289. The Labute approximate surface area is 137 Å². The third-order valence-electron chi connectivity index (χ3n) is 4.36. The molecule has 0 aromatic rings. The molecule has 0 aliphatic rings. The van der Waals surface area contributed by atoms with Crippen molar-refractivity contribution in [1.82, 2.24) is 0 Å². The summed E-state index contributed by atoms with van der Waals surface area (Å²) in [7, 11) is 0. The van der Waals surface area contributed by atoms with Crippen LogP contribution in [-0.2, 0) is 4.79 Å². The Morgan fingerprint density at radius 2 is 1.59 bits per heavy atom. The maximum absolute atomic E-state index is 11.6. The summed E-state index contributed by atoms with van der Waals surface area (Å²) in [5.74, 6) is -0.353. The molecule has 0 saturated carbocycles. The van der Waals surface area contributed by atoms with Crippen molar-refractivity contribution in [3.63, 3.8) is 0 Å². The number of unbranched alkanes of at least 4 members (excludes halogenated alkanes) is 6. The van der Waals surface area contributed by atoms with Gasteiger partial charge in [0.1, 0.15) is 0 Å². The fraction of sp³-hybridized carbons (Fsp3) is 0.842. The molecule has 0 heterocycles. The van der Waals surface area contributed by atoms with Crippen LogP contribution < -0.4 is 5.73 Å². The van der Waals surface area contributed by atoms with Gasteiger partial charge in [0.15, 0.2) is 0 Å². The molecule has 0 fully saturated rings. The van der Waals surface area contributed by atoms with E-state index in [0.717, 1.165) is 38.5 Å². The van der Waals surface area contributed by atoms with Crippen molar-refractivity contribution in [3.8, 4) is 0 Å². The first-order chi connectivity index (χ1) is 10.7. The first kappa shape index (κ1) is 21.2. The SMILES string of the molecule is CCCCC=CCCCCCCC(C(N)=O)C(CO)CCC. The van der Waals surface area contributed by atoms with Gasteiger partial charge in [0.2, 0.25) is 5.91 Å². The van der Waals surface area contributed by atoms with E-state index in [2.05, 4.69) is 26.0 Å². The molecule has 0 aromatic carbocycles. The predicted molar refractivity (Wildman–Crippen MR) is 94.5 cm³/mol. The van der Waals surface area contributed by atoms with Crippen molar-refractivity contribution >= 4 is 5.91 Å². The minimum atomic E-state index is -0.244. The predicted octanol–water partition coefficient (Wildman–Crippen LogP) is 4.58. The molecular formula is C19H37NO2. The monoisotopic (exact) mass is 311 g/mol. The lowest BCUT2D eigenvalue weighted by Crippen LogP contribution is -2.32. The van der Waals surface area contributed by atoms with Crippen LogP contribution in [0.15, 0.2) is 12.2 Å². The molecule has 3 heteroatoms. The number of nitrogens with two attached hydrogens (primary N) is 1. The van der Waals surface area contributed by atoms with Crippen molar-refractivity contribution < 1.29 is 9.90 Å². The lowest BCUT2D eigenvalue weighted by Gasteiger charge is -2.22. The van der Waals surface area contributed by atoms with Crippen LogP contribution in [0.5, 0.6) is 0 Å². The minimum Gasteiger partial charge on any atom is -0.396 e. The van der Waals surface area contributed by atoms with E-state index in [9.17, 15) is 9.90 Å². The fourth-order valence-corrected chi connectivity index (χ4v) is 2.94. The third kappa shape index (κ3) is 10.8. The largest absolute Gasteiger partial charge is 0.396 e. The molecule has 0 radical (unpaired) electrons. The van der Waals surface area contributed by atoms with Gasteiger partial charge in [0.05, 0.1) is 0 Å². The van der Waals surface area contributed by atoms with Gasteiger partial charge in [-0.3, -0.25) is 4.79 Å². The van der Waals surface area contributed by atoms with Crippen LogP contribution in [0, 0.1) is 11.8 Å². The molecule has 0 rings (SSSR count). The molecular weight excluding hydrogens is 274 g/mol. The lowest BCUT2D eigenvalue weighted by molar-refractivity contribution is -0.124. The van der Waals surface area contributed by atoms with Crippen LogP contribution in [0.3, 0.4) is 0 Å². The fourth-order valence-electron chi connectivity index (χ4n) is 2.94. The maximum Gasteiger partial charge on any atom is 0.220 e. The number of allylic oxidation sites excluding steroid dienone is 2. The van der Waals surface area contributed by atoms with E-state index in [1.165, 1.54) is 32.1 Å². The molecule has 22 heavy (non-hydrogen) atoms. The number of aliphatic hydroxyl groups excluding tert-OH is 1. The summed E-state index contributed by atoms with van der Waals surface area (Å²) in [6, 6.07) is 0. The number of aliphatic hydroxyl groups is 1.